The fourth-order valence-electron chi connectivity index (χ4n) is 2.55. The van der Waals surface area contributed by atoms with Crippen molar-refractivity contribution in [2.75, 3.05) is 0 Å². The second-order valence-corrected chi connectivity index (χ2v) is 7.90. The van der Waals surface area contributed by atoms with Crippen LogP contribution in [0.5, 0.6) is 0 Å². The van der Waals surface area contributed by atoms with Crippen molar-refractivity contribution in [3.05, 3.63) is 75.7 Å². The third-order valence-electron chi connectivity index (χ3n) is 3.92. The summed E-state index contributed by atoms with van der Waals surface area (Å²) in [5, 5.41) is 6.15. The highest BCUT2D eigenvalue weighted by Crippen LogP contribution is 2.27. The lowest BCUT2D eigenvalue weighted by molar-refractivity contribution is 0.0946. The summed E-state index contributed by atoms with van der Waals surface area (Å²) >= 11 is 2.94. The van der Waals surface area contributed by atoms with Gasteiger partial charge in [-0.15, -0.1) is 11.3 Å². The van der Waals surface area contributed by atoms with Gasteiger partial charge in [0.2, 0.25) is 0 Å². The van der Waals surface area contributed by atoms with E-state index in [1.54, 1.807) is 5.38 Å². The number of fused-ring (bicyclic) bond motifs is 1. The van der Waals surface area contributed by atoms with Crippen LogP contribution in [-0.2, 0) is 12.3 Å². The van der Waals surface area contributed by atoms with Gasteiger partial charge in [-0.1, -0.05) is 48.2 Å². The van der Waals surface area contributed by atoms with E-state index in [1.165, 1.54) is 23.1 Å². The van der Waals surface area contributed by atoms with Gasteiger partial charge in [0.05, 0.1) is 5.75 Å². The molecular weight excluding hydrogens is 378 g/mol. The third kappa shape index (κ3) is 4.37. The second kappa shape index (κ2) is 7.94. The normalized spacial score (nSPS) is 11.0. The Balaban J connectivity index is 1.35. The summed E-state index contributed by atoms with van der Waals surface area (Å²) in [6, 6.07) is 15.7. The van der Waals surface area contributed by atoms with Gasteiger partial charge in [0, 0.05) is 11.9 Å². The maximum atomic E-state index is 12.3. The molecular formula is C20H17N3O2S2. The first-order chi connectivity index (χ1) is 13.2. The number of benzene rings is 2. The zero-order valence-corrected chi connectivity index (χ0v) is 16.3. The van der Waals surface area contributed by atoms with Gasteiger partial charge < -0.3 is 9.73 Å². The molecule has 2 heterocycles. The van der Waals surface area contributed by atoms with Crippen molar-refractivity contribution in [1.29, 1.82) is 0 Å². The average Bonchev–Trinajstić information content (AvgIpc) is 3.31. The minimum Gasteiger partial charge on any atom is -0.431 e. The summed E-state index contributed by atoms with van der Waals surface area (Å²) in [4.78, 5) is 21.2. The SMILES string of the molecule is Cc1ccc2oc(SCc3nc(C(=O)NCc4ccccc4)cs3)nc2c1. The summed E-state index contributed by atoms with van der Waals surface area (Å²) < 4.78 is 5.74. The molecule has 4 rings (SSSR count). The van der Waals surface area contributed by atoms with E-state index in [1.807, 2.05) is 55.5 Å². The van der Waals surface area contributed by atoms with Crippen molar-refractivity contribution < 1.29 is 9.21 Å². The lowest BCUT2D eigenvalue weighted by Gasteiger charge is -2.02. The van der Waals surface area contributed by atoms with Crippen LogP contribution >= 0.6 is 23.1 Å². The van der Waals surface area contributed by atoms with Crippen LogP contribution in [0.25, 0.3) is 11.1 Å². The minimum atomic E-state index is -0.163. The molecule has 27 heavy (non-hydrogen) atoms. The molecule has 0 unspecified atom stereocenters. The summed E-state index contributed by atoms with van der Waals surface area (Å²) in [6.07, 6.45) is 0. The fraction of sp³-hybridized carbons (Fsp3) is 0.150. The summed E-state index contributed by atoms with van der Waals surface area (Å²) in [6.45, 7) is 2.52. The number of rotatable bonds is 6. The standard InChI is InChI=1S/C20H17N3O2S2/c1-13-7-8-17-15(9-13)23-20(25-17)27-12-18-22-16(11-26-18)19(24)21-10-14-5-3-2-4-6-14/h2-9,11H,10,12H2,1H3,(H,21,24). The largest absolute Gasteiger partial charge is 0.431 e. The number of hydrogen-bond acceptors (Lipinski definition) is 6. The molecule has 0 saturated carbocycles. The highest BCUT2D eigenvalue weighted by Gasteiger charge is 2.12. The molecule has 136 valence electrons. The van der Waals surface area contributed by atoms with Gasteiger partial charge in [0.15, 0.2) is 5.58 Å². The Labute approximate surface area is 164 Å². The Morgan fingerprint density at radius 3 is 2.89 bits per heavy atom. The molecule has 0 bridgehead atoms. The highest BCUT2D eigenvalue weighted by atomic mass is 32.2. The molecule has 0 radical (unpaired) electrons. The Bertz CT molecular complexity index is 1070. The van der Waals surface area contributed by atoms with Crippen LogP contribution in [0, 0.1) is 6.92 Å². The molecule has 7 heteroatoms. The molecule has 0 fully saturated rings. The van der Waals surface area contributed by atoms with E-state index < -0.39 is 0 Å². The van der Waals surface area contributed by atoms with E-state index in [0.29, 0.717) is 23.2 Å². The fourth-order valence-corrected chi connectivity index (χ4v) is 4.18. The van der Waals surface area contributed by atoms with E-state index in [0.717, 1.165) is 27.2 Å². The maximum absolute atomic E-state index is 12.3. The van der Waals surface area contributed by atoms with Crippen molar-refractivity contribution >= 4 is 40.1 Å². The monoisotopic (exact) mass is 395 g/mol. The van der Waals surface area contributed by atoms with Gasteiger partial charge in [-0.2, -0.15) is 0 Å². The van der Waals surface area contributed by atoms with E-state index in [4.69, 9.17) is 4.42 Å². The molecule has 0 atom stereocenters. The zero-order chi connectivity index (χ0) is 18.6. The van der Waals surface area contributed by atoms with Crippen LogP contribution < -0.4 is 5.32 Å². The average molecular weight is 396 g/mol. The van der Waals surface area contributed by atoms with Gasteiger partial charge in [-0.05, 0) is 30.2 Å². The quantitative estimate of drug-likeness (QED) is 0.474. The van der Waals surface area contributed by atoms with Crippen LogP contribution in [-0.4, -0.2) is 15.9 Å². The number of amides is 1. The first-order valence-corrected chi connectivity index (χ1v) is 10.3. The zero-order valence-electron chi connectivity index (χ0n) is 14.6. The second-order valence-electron chi connectivity index (χ2n) is 6.03. The van der Waals surface area contributed by atoms with Crippen molar-refractivity contribution in [2.45, 2.75) is 24.4 Å². The highest BCUT2D eigenvalue weighted by molar-refractivity contribution is 7.98. The first-order valence-electron chi connectivity index (χ1n) is 8.44. The summed E-state index contributed by atoms with van der Waals surface area (Å²) in [5.41, 5.74) is 4.29. The molecule has 0 aliphatic heterocycles. The molecule has 2 aromatic carbocycles. The van der Waals surface area contributed by atoms with E-state index in [2.05, 4.69) is 15.3 Å². The lowest BCUT2D eigenvalue weighted by atomic mass is 10.2. The van der Waals surface area contributed by atoms with Gasteiger partial charge in [0.25, 0.3) is 11.1 Å². The van der Waals surface area contributed by atoms with Crippen LogP contribution in [0.1, 0.15) is 26.6 Å². The predicted molar refractivity (Wildman–Crippen MR) is 108 cm³/mol. The Kier molecular flexibility index (Phi) is 5.22. The first kappa shape index (κ1) is 17.8. The topological polar surface area (TPSA) is 68.0 Å². The molecule has 0 aliphatic carbocycles. The van der Waals surface area contributed by atoms with Crippen LogP contribution in [0.15, 0.2) is 63.6 Å². The molecule has 0 saturated heterocycles. The Morgan fingerprint density at radius 2 is 2.04 bits per heavy atom. The summed E-state index contributed by atoms with van der Waals surface area (Å²) in [7, 11) is 0. The van der Waals surface area contributed by atoms with Crippen LogP contribution in [0.2, 0.25) is 0 Å². The van der Waals surface area contributed by atoms with Crippen molar-refractivity contribution in [1.82, 2.24) is 15.3 Å². The summed E-state index contributed by atoms with van der Waals surface area (Å²) in [5.74, 6) is 0.450. The van der Waals surface area contributed by atoms with Crippen molar-refractivity contribution in [2.24, 2.45) is 0 Å². The number of hydrogen-bond donors (Lipinski definition) is 1. The molecule has 0 aliphatic rings. The minimum absolute atomic E-state index is 0.163. The number of aryl methyl sites for hydroxylation is 1. The Hall–Kier alpha value is -2.64. The van der Waals surface area contributed by atoms with Crippen molar-refractivity contribution in [3.8, 4) is 0 Å². The van der Waals surface area contributed by atoms with Crippen LogP contribution in [0.3, 0.4) is 0 Å². The van der Waals surface area contributed by atoms with E-state index in [9.17, 15) is 4.79 Å². The molecule has 5 nitrogen and oxygen atoms in total. The van der Waals surface area contributed by atoms with Crippen LogP contribution in [0.4, 0.5) is 0 Å². The third-order valence-corrected chi connectivity index (χ3v) is 5.79. The van der Waals surface area contributed by atoms with E-state index in [-0.39, 0.29) is 5.91 Å². The molecule has 0 spiro atoms. The smallest absolute Gasteiger partial charge is 0.271 e. The van der Waals surface area contributed by atoms with Crippen molar-refractivity contribution in [3.63, 3.8) is 0 Å². The lowest BCUT2D eigenvalue weighted by Crippen LogP contribution is -2.23. The Morgan fingerprint density at radius 1 is 1.19 bits per heavy atom. The molecule has 1 amide bonds. The van der Waals surface area contributed by atoms with Gasteiger partial charge in [-0.25, -0.2) is 9.97 Å². The molecule has 1 N–H and O–H groups in total. The number of carbonyl (C=O) groups excluding carboxylic acids is 1. The van der Waals surface area contributed by atoms with Gasteiger partial charge in [-0.3, -0.25) is 4.79 Å². The molecule has 2 aromatic heterocycles. The number of nitrogens with zero attached hydrogens (tertiary/aromatic N) is 2. The number of thioether (sulfide) groups is 1. The predicted octanol–water partition coefficient (Wildman–Crippen LogP) is 4.82. The number of aromatic nitrogens is 2. The number of nitrogens with one attached hydrogen (secondary N) is 1. The van der Waals surface area contributed by atoms with E-state index >= 15 is 0 Å². The van der Waals surface area contributed by atoms with Gasteiger partial charge in [0.1, 0.15) is 16.2 Å². The molecule has 4 aromatic rings. The number of thiazole rings is 1. The number of oxazole rings is 1. The number of carbonyl (C=O) groups is 1. The van der Waals surface area contributed by atoms with Gasteiger partial charge >= 0.3 is 0 Å². The maximum Gasteiger partial charge on any atom is 0.271 e.